The number of fused-ring (bicyclic) bond motifs is 1. The first kappa shape index (κ1) is 23.6. The van der Waals surface area contributed by atoms with Crippen molar-refractivity contribution >= 4 is 23.3 Å². The molecule has 1 amide bonds. The number of halogens is 1. The number of nitrogens with one attached hydrogen (secondary N) is 1. The number of anilines is 1. The van der Waals surface area contributed by atoms with Crippen LogP contribution in [0.2, 0.25) is 5.02 Å². The third-order valence-corrected chi connectivity index (χ3v) is 6.34. The largest absolute Gasteiger partial charge is 0.497 e. The zero-order valence-corrected chi connectivity index (χ0v) is 20.6. The van der Waals surface area contributed by atoms with Gasteiger partial charge in [0.05, 0.1) is 24.4 Å². The number of ether oxygens (including phenoxy) is 3. The molecule has 3 aromatic carbocycles. The summed E-state index contributed by atoms with van der Waals surface area (Å²) in [4.78, 5) is 12.7. The molecule has 0 saturated carbocycles. The van der Waals surface area contributed by atoms with E-state index >= 15 is 0 Å². The second-order valence-corrected chi connectivity index (χ2v) is 8.88. The van der Waals surface area contributed by atoms with Crippen molar-refractivity contribution in [2.75, 3.05) is 19.0 Å². The summed E-state index contributed by atoms with van der Waals surface area (Å²) in [6, 6.07) is 21.5. The number of hydrogen-bond acceptors (Lipinski definition) is 6. The fraction of sp³-hybridized carbons (Fsp3) is 0.179. The highest BCUT2D eigenvalue weighted by molar-refractivity contribution is 6.32. The summed E-state index contributed by atoms with van der Waals surface area (Å²) in [6.07, 6.45) is 0.964. The average molecular weight is 502 g/mol. The van der Waals surface area contributed by atoms with Crippen LogP contribution in [0.1, 0.15) is 35.2 Å². The molecule has 4 aromatic rings. The summed E-state index contributed by atoms with van der Waals surface area (Å²) in [7, 11) is 1.62. The first-order valence-corrected chi connectivity index (χ1v) is 11.9. The summed E-state index contributed by atoms with van der Waals surface area (Å²) in [5, 5.41) is 11.6. The summed E-state index contributed by atoms with van der Waals surface area (Å²) >= 11 is 6.45. The standard InChI is InChI=1S/C28H24ClN3O4/c1-17-13-14-35-25-16-26(23(29)15-22(17)25)36-21-9-5-19(6-10-21)28(33)30-27-12-11-24(31-32-27)18-3-7-20(34-2)8-4-18/h3-12,15-17H,13-14H2,1-2H3,(H,30,32,33). The van der Waals surface area contributed by atoms with Crippen molar-refractivity contribution in [1.29, 1.82) is 0 Å². The van der Waals surface area contributed by atoms with E-state index in [-0.39, 0.29) is 5.91 Å². The normalized spacial score (nSPS) is 14.4. The Bertz CT molecular complexity index is 1370. The van der Waals surface area contributed by atoms with Gasteiger partial charge in [-0.15, -0.1) is 10.2 Å². The van der Waals surface area contributed by atoms with Crippen molar-refractivity contribution in [2.45, 2.75) is 19.3 Å². The van der Waals surface area contributed by atoms with E-state index in [0.717, 1.165) is 29.0 Å². The van der Waals surface area contributed by atoms with Crippen molar-refractivity contribution in [1.82, 2.24) is 10.2 Å². The lowest BCUT2D eigenvalue weighted by Gasteiger charge is -2.24. The van der Waals surface area contributed by atoms with E-state index in [1.54, 1.807) is 43.5 Å². The fourth-order valence-corrected chi connectivity index (χ4v) is 4.15. The van der Waals surface area contributed by atoms with Crippen molar-refractivity contribution in [3.05, 3.63) is 88.9 Å². The molecular weight excluding hydrogens is 478 g/mol. The topological polar surface area (TPSA) is 82.6 Å². The second-order valence-electron chi connectivity index (χ2n) is 8.47. The predicted molar refractivity (Wildman–Crippen MR) is 138 cm³/mol. The summed E-state index contributed by atoms with van der Waals surface area (Å²) in [5.41, 5.74) is 3.14. The summed E-state index contributed by atoms with van der Waals surface area (Å²) < 4.78 is 16.9. The second kappa shape index (κ2) is 10.3. The fourth-order valence-electron chi connectivity index (χ4n) is 3.94. The number of rotatable bonds is 6. The maximum atomic E-state index is 12.7. The lowest BCUT2D eigenvalue weighted by atomic mass is 9.95. The number of methoxy groups -OCH3 is 1. The van der Waals surface area contributed by atoms with Crippen LogP contribution in [0.5, 0.6) is 23.0 Å². The Kier molecular flexibility index (Phi) is 6.73. The van der Waals surface area contributed by atoms with Crippen molar-refractivity contribution in [3.63, 3.8) is 0 Å². The zero-order valence-electron chi connectivity index (χ0n) is 19.8. The van der Waals surface area contributed by atoms with Crippen LogP contribution < -0.4 is 19.5 Å². The maximum Gasteiger partial charge on any atom is 0.256 e. The van der Waals surface area contributed by atoms with Gasteiger partial charge in [0.1, 0.15) is 23.0 Å². The molecule has 0 bridgehead atoms. The number of amides is 1. The molecule has 0 spiro atoms. The van der Waals surface area contributed by atoms with E-state index < -0.39 is 0 Å². The van der Waals surface area contributed by atoms with E-state index in [2.05, 4.69) is 22.4 Å². The number of aromatic nitrogens is 2. The molecule has 1 aromatic heterocycles. The SMILES string of the molecule is COc1ccc(-c2ccc(NC(=O)c3ccc(Oc4cc5c(cc4Cl)C(C)CCO5)cc3)nn2)cc1. The molecule has 8 heteroatoms. The Morgan fingerprint density at radius 3 is 2.44 bits per heavy atom. The highest BCUT2D eigenvalue weighted by atomic mass is 35.5. The molecule has 36 heavy (non-hydrogen) atoms. The van der Waals surface area contributed by atoms with Crippen LogP contribution in [-0.4, -0.2) is 29.8 Å². The minimum atomic E-state index is -0.303. The van der Waals surface area contributed by atoms with Crippen LogP contribution in [0, 0.1) is 0 Å². The van der Waals surface area contributed by atoms with Gasteiger partial charge < -0.3 is 19.5 Å². The Morgan fingerprint density at radius 2 is 1.75 bits per heavy atom. The minimum Gasteiger partial charge on any atom is -0.497 e. The summed E-state index contributed by atoms with van der Waals surface area (Å²) in [6.45, 7) is 2.83. The van der Waals surface area contributed by atoms with Crippen LogP contribution in [0.3, 0.4) is 0 Å². The predicted octanol–water partition coefficient (Wildman–Crippen LogP) is 6.74. The van der Waals surface area contributed by atoms with Crippen LogP contribution in [-0.2, 0) is 0 Å². The monoisotopic (exact) mass is 501 g/mol. The van der Waals surface area contributed by atoms with Gasteiger partial charge in [0.15, 0.2) is 5.82 Å². The molecule has 1 N–H and O–H groups in total. The van der Waals surface area contributed by atoms with Gasteiger partial charge in [0.2, 0.25) is 0 Å². The van der Waals surface area contributed by atoms with Crippen LogP contribution in [0.4, 0.5) is 5.82 Å². The number of benzene rings is 3. The first-order chi connectivity index (χ1) is 17.5. The molecule has 182 valence electrons. The van der Waals surface area contributed by atoms with Gasteiger partial charge >= 0.3 is 0 Å². The van der Waals surface area contributed by atoms with E-state index in [4.69, 9.17) is 25.8 Å². The minimum absolute atomic E-state index is 0.303. The van der Waals surface area contributed by atoms with Crippen LogP contribution in [0.15, 0.2) is 72.8 Å². The average Bonchev–Trinajstić information content (AvgIpc) is 2.91. The summed E-state index contributed by atoms with van der Waals surface area (Å²) in [5.74, 6) is 3.07. The molecule has 1 unspecified atom stereocenters. The van der Waals surface area contributed by atoms with Crippen molar-refractivity contribution in [3.8, 4) is 34.3 Å². The molecule has 5 rings (SSSR count). The first-order valence-electron chi connectivity index (χ1n) is 11.5. The highest BCUT2D eigenvalue weighted by Crippen LogP contribution is 2.41. The van der Waals surface area contributed by atoms with E-state index in [1.165, 1.54) is 0 Å². The lowest BCUT2D eigenvalue weighted by molar-refractivity contribution is 0.102. The maximum absolute atomic E-state index is 12.7. The van der Waals surface area contributed by atoms with E-state index in [1.807, 2.05) is 36.4 Å². The quantitative estimate of drug-likeness (QED) is 0.315. The van der Waals surface area contributed by atoms with Crippen molar-refractivity contribution < 1.29 is 19.0 Å². The number of hydrogen-bond donors (Lipinski definition) is 1. The van der Waals surface area contributed by atoms with Gasteiger partial charge in [-0.1, -0.05) is 18.5 Å². The van der Waals surface area contributed by atoms with Crippen LogP contribution in [0.25, 0.3) is 11.3 Å². The van der Waals surface area contributed by atoms with Gasteiger partial charge in [-0.05, 0) is 84.6 Å². The molecule has 0 aliphatic carbocycles. The van der Waals surface area contributed by atoms with Gasteiger partial charge in [0.25, 0.3) is 5.91 Å². The van der Waals surface area contributed by atoms with Gasteiger partial charge in [-0.3, -0.25) is 4.79 Å². The van der Waals surface area contributed by atoms with Crippen molar-refractivity contribution in [2.24, 2.45) is 0 Å². The Balaban J connectivity index is 1.23. The molecular formula is C28H24ClN3O4. The number of carbonyl (C=O) groups excluding carboxylic acids is 1. The van der Waals surface area contributed by atoms with E-state index in [9.17, 15) is 4.79 Å². The third-order valence-electron chi connectivity index (χ3n) is 6.04. The molecule has 7 nitrogen and oxygen atoms in total. The van der Waals surface area contributed by atoms with Crippen LogP contribution >= 0.6 is 11.6 Å². The number of nitrogens with zero attached hydrogens (tertiary/aromatic N) is 2. The Labute approximate surface area is 214 Å². The molecule has 1 aliphatic rings. The smallest absolute Gasteiger partial charge is 0.256 e. The lowest BCUT2D eigenvalue weighted by Crippen LogP contribution is -2.13. The van der Waals surface area contributed by atoms with E-state index in [0.29, 0.717) is 46.1 Å². The molecule has 1 aliphatic heterocycles. The Morgan fingerprint density at radius 1 is 1.00 bits per heavy atom. The molecule has 0 fully saturated rings. The van der Waals surface area contributed by atoms with Gasteiger partial charge in [0, 0.05) is 17.2 Å². The third kappa shape index (κ3) is 5.11. The van der Waals surface area contributed by atoms with Gasteiger partial charge in [-0.25, -0.2) is 0 Å². The molecule has 2 heterocycles. The Hall–Kier alpha value is -4.10. The molecule has 0 radical (unpaired) electrons. The van der Waals surface area contributed by atoms with Gasteiger partial charge in [-0.2, -0.15) is 0 Å². The molecule has 1 atom stereocenters. The highest BCUT2D eigenvalue weighted by Gasteiger charge is 2.20. The molecule has 0 saturated heterocycles. The zero-order chi connectivity index (χ0) is 25.1. The number of carbonyl (C=O) groups is 1.